The van der Waals surface area contributed by atoms with Crippen molar-refractivity contribution in [1.82, 2.24) is 0 Å². The van der Waals surface area contributed by atoms with Crippen molar-refractivity contribution in [2.75, 3.05) is 20.3 Å². The van der Waals surface area contributed by atoms with Gasteiger partial charge in [-0.05, 0) is 17.7 Å². The number of rotatable bonds is 5. The van der Waals surface area contributed by atoms with Gasteiger partial charge in [0.2, 0.25) is 0 Å². The van der Waals surface area contributed by atoms with Gasteiger partial charge in [0.05, 0.1) is 6.61 Å². The van der Waals surface area contributed by atoms with Gasteiger partial charge in [-0.25, -0.2) is 0 Å². The Labute approximate surface area is 116 Å². The summed E-state index contributed by atoms with van der Waals surface area (Å²) in [5, 5.41) is 0. The fraction of sp³-hybridized carbons (Fsp3) is 0.200. The molecule has 0 aliphatic rings. The van der Waals surface area contributed by atoms with Crippen LogP contribution in [0.15, 0.2) is 53.0 Å². The molecule has 94 valence electrons. The maximum absolute atomic E-state index is 5.74. The number of ether oxygens (including phenoxy) is 2. The van der Waals surface area contributed by atoms with E-state index in [-0.39, 0.29) is 0 Å². The standard InChI is InChI=1S/C15H15BrO2/c1-17-10-11-18-15-9-5-3-7-13(15)12-6-2-4-8-14(12)16/h2-9H,10-11H2,1H3. The molecule has 0 N–H and O–H groups in total. The molecular formula is C15H15BrO2. The number of halogens is 1. The van der Waals surface area contributed by atoms with Crippen molar-refractivity contribution in [3.63, 3.8) is 0 Å². The Morgan fingerprint density at radius 2 is 1.56 bits per heavy atom. The van der Waals surface area contributed by atoms with Gasteiger partial charge >= 0.3 is 0 Å². The predicted octanol–water partition coefficient (Wildman–Crippen LogP) is 4.14. The summed E-state index contributed by atoms with van der Waals surface area (Å²) in [6.45, 7) is 1.14. The van der Waals surface area contributed by atoms with Gasteiger partial charge in [-0.2, -0.15) is 0 Å². The summed E-state index contributed by atoms with van der Waals surface area (Å²) < 4.78 is 11.8. The van der Waals surface area contributed by atoms with E-state index in [0.29, 0.717) is 13.2 Å². The van der Waals surface area contributed by atoms with Crippen LogP contribution in [0.4, 0.5) is 0 Å². The van der Waals surface area contributed by atoms with E-state index in [1.807, 2.05) is 36.4 Å². The molecule has 0 heterocycles. The predicted molar refractivity (Wildman–Crippen MR) is 76.9 cm³/mol. The second kappa shape index (κ2) is 6.57. The third-order valence-electron chi connectivity index (χ3n) is 2.60. The van der Waals surface area contributed by atoms with E-state index in [1.165, 1.54) is 0 Å². The molecule has 2 nitrogen and oxygen atoms in total. The molecule has 3 heteroatoms. The van der Waals surface area contributed by atoms with Crippen LogP contribution in [0, 0.1) is 0 Å². The van der Waals surface area contributed by atoms with Crippen molar-refractivity contribution < 1.29 is 9.47 Å². The molecule has 0 aromatic heterocycles. The topological polar surface area (TPSA) is 18.5 Å². The Bertz CT molecular complexity index is 511. The summed E-state index contributed by atoms with van der Waals surface area (Å²) in [5.74, 6) is 0.876. The zero-order chi connectivity index (χ0) is 12.8. The minimum Gasteiger partial charge on any atom is -0.491 e. The fourth-order valence-corrected chi connectivity index (χ4v) is 2.23. The van der Waals surface area contributed by atoms with Crippen LogP contribution in [0.1, 0.15) is 0 Å². The van der Waals surface area contributed by atoms with Gasteiger partial charge in [-0.15, -0.1) is 0 Å². The maximum atomic E-state index is 5.74. The minimum atomic E-state index is 0.554. The molecule has 0 aliphatic carbocycles. The molecule has 0 saturated heterocycles. The average Bonchev–Trinajstić information content (AvgIpc) is 2.40. The highest BCUT2D eigenvalue weighted by molar-refractivity contribution is 9.10. The Hall–Kier alpha value is -1.32. The molecule has 0 fully saturated rings. The number of hydrogen-bond donors (Lipinski definition) is 0. The molecule has 0 atom stereocenters. The highest BCUT2D eigenvalue weighted by atomic mass is 79.9. The summed E-state index contributed by atoms with van der Waals surface area (Å²) in [6, 6.07) is 16.1. The Morgan fingerprint density at radius 3 is 2.28 bits per heavy atom. The van der Waals surface area contributed by atoms with E-state index in [4.69, 9.17) is 9.47 Å². The lowest BCUT2D eigenvalue weighted by Gasteiger charge is -2.12. The van der Waals surface area contributed by atoms with Crippen LogP contribution in [-0.4, -0.2) is 20.3 Å². The summed E-state index contributed by atoms with van der Waals surface area (Å²) >= 11 is 3.57. The molecule has 0 saturated carbocycles. The van der Waals surface area contributed by atoms with Crippen LogP contribution in [0.5, 0.6) is 5.75 Å². The van der Waals surface area contributed by atoms with E-state index in [0.717, 1.165) is 21.3 Å². The van der Waals surface area contributed by atoms with Crippen LogP contribution in [0.25, 0.3) is 11.1 Å². The first-order valence-electron chi connectivity index (χ1n) is 5.78. The normalized spacial score (nSPS) is 10.3. The molecule has 18 heavy (non-hydrogen) atoms. The summed E-state index contributed by atoms with van der Waals surface area (Å²) in [5.41, 5.74) is 2.21. The van der Waals surface area contributed by atoms with Crippen LogP contribution in [0.2, 0.25) is 0 Å². The minimum absolute atomic E-state index is 0.554. The highest BCUT2D eigenvalue weighted by Gasteiger charge is 2.08. The van der Waals surface area contributed by atoms with Crippen LogP contribution >= 0.6 is 15.9 Å². The van der Waals surface area contributed by atoms with Crippen molar-refractivity contribution in [1.29, 1.82) is 0 Å². The van der Waals surface area contributed by atoms with E-state index in [2.05, 4.69) is 28.1 Å². The highest BCUT2D eigenvalue weighted by Crippen LogP contribution is 2.34. The second-order valence-corrected chi connectivity index (χ2v) is 4.67. The van der Waals surface area contributed by atoms with Gasteiger partial charge in [0, 0.05) is 17.1 Å². The van der Waals surface area contributed by atoms with Crippen molar-refractivity contribution in [3.8, 4) is 16.9 Å². The van der Waals surface area contributed by atoms with E-state index >= 15 is 0 Å². The quantitative estimate of drug-likeness (QED) is 0.773. The van der Waals surface area contributed by atoms with E-state index in [1.54, 1.807) is 7.11 Å². The summed E-state index contributed by atoms with van der Waals surface area (Å²) in [6.07, 6.45) is 0. The Kier molecular flexibility index (Phi) is 4.79. The molecule has 0 unspecified atom stereocenters. The zero-order valence-corrected chi connectivity index (χ0v) is 11.8. The lowest BCUT2D eigenvalue weighted by atomic mass is 10.1. The number of methoxy groups -OCH3 is 1. The molecule has 2 aromatic carbocycles. The van der Waals surface area contributed by atoms with Gasteiger partial charge in [-0.1, -0.05) is 52.3 Å². The number of hydrogen-bond acceptors (Lipinski definition) is 2. The smallest absolute Gasteiger partial charge is 0.127 e. The van der Waals surface area contributed by atoms with Gasteiger partial charge in [0.15, 0.2) is 0 Å². The first kappa shape index (κ1) is 13.1. The van der Waals surface area contributed by atoms with Gasteiger partial charge in [-0.3, -0.25) is 0 Å². The maximum Gasteiger partial charge on any atom is 0.127 e. The second-order valence-electron chi connectivity index (χ2n) is 3.82. The molecule has 0 aliphatic heterocycles. The molecule has 0 amide bonds. The zero-order valence-electron chi connectivity index (χ0n) is 10.2. The summed E-state index contributed by atoms with van der Waals surface area (Å²) in [4.78, 5) is 0. The van der Waals surface area contributed by atoms with Gasteiger partial charge in [0.25, 0.3) is 0 Å². The third-order valence-corrected chi connectivity index (χ3v) is 3.29. The number of para-hydroxylation sites is 1. The monoisotopic (exact) mass is 306 g/mol. The molecular weight excluding hydrogens is 292 g/mol. The van der Waals surface area contributed by atoms with Crippen molar-refractivity contribution in [2.24, 2.45) is 0 Å². The third kappa shape index (κ3) is 3.12. The Morgan fingerprint density at radius 1 is 0.889 bits per heavy atom. The van der Waals surface area contributed by atoms with Crippen LogP contribution in [0.3, 0.4) is 0 Å². The molecule has 2 rings (SSSR count). The first-order valence-corrected chi connectivity index (χ1v) is 6.58. The lowest BCUT2D eigenvalue weighted by Crippen LogP contribution is -2.05. The van der Waals surface area contributed by atoms with Crippen molar-refractivity contribution in [3.05, 3.63) is 53.0 Å². The van der Waals surface area contributed by atoms with Gasteiger partial charge in [0.1, 0.15) is 12.4 Å². The van der Waals surface area contributed by atoms with Crippen molar-refractivity contribution >= 4 is 15.9 Å². The van der Waals surface area contributed by atoms with Crippen LogP contribution < -0.4 is 4.74 Å². The SMILES string of the molecule is COCCOc1ccccc1-c1ccccc1Br. The molecule has 0 bridgehead atoms. The van der Waals surface area contributed by atoms with Crippen LogP contribution in [-0.2, 0) is 4.74 Å². The lowest BCUT2D eigenvalue weighted by molar-refractivity contribution is 0.146. The Balaban J connectivity index is 2.30. The first-order chi connectivity index (χ1) is 8.83. The van der Waals surface area contributed by atoms with Gasteiger partial charge < -0.3 is 9.47 Å². The molecule has 2 aromatic rings. The van der Waals surface area contributed by atoms with Crippen molar-refractivity contribution in [2.45, 2.75) is 0 Å². The fourth-order valence-electron chi connectivity index (χ4n) is 1.73. The number of benzene rings is 2. The summed E-state index contributed by atoms with van der Waals surface area (Å²) in [7, 11) is 1.67. The molecule has 0 spiro atoms. The molecule has 0 radical (unpaired) electrons. The van der Waals surface area contributed by atoms with E-state index in [9.17, 15) is 0 Å². The average molecular weight is 307 g/mol. The largest absolute Gasteiger partial charge is 0.491 e. The van der Waals surface area contributed by atoms with E-state index < -0.39 is 0 Å².